The van der Waals surface area contributed by atoms with Crippen molar-refractivity contribution in [3.63, 3.8) is 0 Å². The predicted molar refractivity (Wildman–Crippen MR) is 83.4 cm³/mol. The first-order valence-electron chi connectivity index (χ1n) is 8.02. The number of hydrogen-bond donors (Lipinski definition) is 2. The van der Waals surface area contributed by atoms with E-state index in [1.54, 1.807) is 13.2 Å². The van der Waals surface area contributed by atoms with Crippen LogP contribution in [-0.2, 0) is 11.3 Å². The first-order chi connectivity index (χ1) is 10.2. The minimum Gasteiger partial charge on any atom is -0.383 e. The highest BCUT2D eigenvalue weighted by molar-refractivity contribution is 5.07. The lowest BCUT2D eigenvalue weighted by Crippen LogP contribution is -2.24. The molecule has 5 nitrogen and oxygen atoms in total. The van der Waals surface area contributed by atoms with Gasteiger partial charge >= 0.3 is 0 Å². The van der Waals surface area contributed by atoms with Crippen molar-refractivity contribution in [1.82, 2.24) is 15.3 Å². The van der Waals surface area contributed by atoms with Crippen LogP contribution in [0.25, 0.3) is 0 Å². The number of hydrogen-bond acceptors (Lipinski definition) is 4. The minimum atomic E-state index is -0.0397. The molecule has 2 atom stereocenters. The van der Waals surface area contributed by atoms with Gasteiger partial charge in [-0.25, -0.2) is 4.98 Å². The zero-order valence-corrected chi connectivity index (χ0v) is 13.2. The molecule has 1 aromatic rings. The Balaban J connectivity index is 2.02. The highest BCUT2D eigenvalue weighted by Crippen LogP contribution is 2.35. The monoisotopic (exact) mass is 293 g/mol. The van der Waals surface area contributed by atoms with E-state index in [9.17, 15) is 4.79 Å². The van der Waals surface area contributed by atoms with E-state index in [4.69, 9.17) is 4.74 Å². The Morgan fingerprint density at radius 3 is 3.10 bits per heavy atom. The van der Waals surface area contributed by atoms with Crippen molar-refractivity contribution in [2.75, 3.05) is 20.3 Å². The molecular formula is C16H27N3O2. The molecule has 1 saturated carbocycles. The molecule has 0 bridgehead atoms. The SMILES string of the molecule is CCC1CCCC(c2nc(CNCCOC)cc(=O)[nH]2)C1. The molecule has 1 aliphatic rings. The second-order valence-corrected chi connectivity index (χ2v) is 5.93. The Morgan fingerprint density at radius 1 is 1.48 bits per heavy atom. The van der Waals surface area contributed by atoms with E-state index in [-0.39, 0.29) is 5.56 Å². The average Bonchev–Trinajstić information content (AvgIpc) is 2.51. The molecule has 0 aromatic carbocycles. The molecule has 1 aliphatic carbocycles. The van der Waals surface area contributed by atoms with Gasteiger partial charge in [0.25, 0.3) is 5.56 Å². The summed E-state index contributed by atoms with van der Waals surface area (Å²) in [6.07, 6.45) is 6.07. The van der Waals surface area contributed by atoms with Crippen LogP contribution >= 0.6 is 0 Å². The highest BCUT2D eigenvalue weighted by Gasteiger charge is 2.24. The number of rotatable bonds is 7. The molecule has 21 heavy (non-hydrogen) atoms. The van der Waals surface area contributed by atoms with E-state index in [0.717, 1.165) is 36.8 Å². The zero-order valence-electron chi connectivity index (χ0n) is 13.2. The van der Waals surface area contributed by atoms with E-state index in [1.807, 2.05) is 0 Å². The lowest BCUT2D eigenvalue weighted by Gasteiger charge is -2.27. The first kappa shape index (κ1) is 16.2. The summed E-state index contributed by atoms with van der Waals surface area (Å²) < 4.78 is 5.00. The quantitative estimate of drug-likeness (QED) is 0.756. The second kappa shape index (κ2) is 8.29. The number of aromatic amines is 1. The lowest BCUT2D eigenvalue weighted by atomic mass is 9.80. The molecule has 1 fully saturated rings. The van der Waals surface area contributed by atoms with Gasteiger partial charge in [0.1, 0.15) is 5.82 Å². The predicted octanol–water partition coefficient (Wildman–Crippen LogP) is 2.19. The summed E-state index contributed by atoms with van der Waals surface area (Å²) in [5, 5.41) is 3.24. The molecule has 0 spiro atoms. The topological polar surface area (TPSA) is 67.0 Å². The van der Waals surface area contributed by atoms with Gasteiger partial charge in [-0.1, -0.05) is 26.2 Å². The van der Waals surface area contributed by atoms with E-state index in [2.05, 4.69) is 22.2 Å². The standard InChI is InChI=1S/C16H27N3O2/c1-3-12-5-4-6-13(9-12)16-18-14(10-15(20)19-16)11-17-7-8-21-2/h10,12-13,17H,3-9,11H2,1-2H3,(H,18,19,20). The molecule has 5 heteroatoms. The van der Waals surface area contributed by atoms with Gasteiger partial charge < -0.3 is 15.0 Å². The fourth-order valence-corrected chi connectivity index (χ4v) is 3.11. The van der Waals surface area contributed by atoms with Gasteiger partial charge in [0.2, 0.25) is 0 Å². The number of aromatic nitrogens is 2. The smallest absolute Gasteiger partial charge is 0.251 e. The van der Waals surface area contributed by atoms with Crippen LogP contribution in [0.3, 0.4) is 0 Å². The Bertz CT molecular complexity index is 487. The largest absolute Gasteiger partial charge is 0.383 e. The maximum atomic E-state index is 11.8. The van der Waals surface area contributed by atoms with Gasteiger partial charge in [-0.15, -0.1) is 0 Å². The van der Waals surface area contributed by atoms with E-state index >= 15 is 0 Å². The van der Waals surface area contributed by atoms with Crippen LogP contribution in [0.15, 0.2) is 10.9 Å². The molecule has 0 radical (unpaired) electrons. The third-order valence-electron chi connectivity index (χ3n) is 4.35. The van der Waals surface area contributed by atoms with E-state index in [1.165, 1.54) is 19.3 Å². The summed E-state index contributed by atoms with van der Waals surface area (Å²) in [4.78, 5) is 19.5. The number of H-pyrrole nitrogens is 1. The van der Waals surface area contributed by atoms with Crippen LogP contribution < -0.4 is 10.9 Å². The van der Waals surface area contributed by atoms with Gasteiger partial charge in [-0.05, 0) is 18.8 Å². The van der Waals surface area contributed by atoms with Crippen molar-refractivity contribution in [3.8, 4) is 0 Å². The summed E-state index contributed by atoms with van der Waals surface area (Å²) in [5.41, 5.74) is 0.783. The molecule has 2 rings (SSSR count). The van der Waals surface area contributed by atoms with Crippen molar-refractivity contribution in [3.05, 3.63) is 27.9 Å². The Kier molecular flexibility index (Phi) is 6.39. The van der Waals surface area contributed by atoms with Crippen molar-refractivity contribution < 1.29 is 4.74 Å². The van der Waals surface area contributed by atoms with Crippen LogP contribution in [0, 0.1) is 5.92 Å². The molecule has 0 amide bonds. The summed E-state index contributed by atoms with van der Waals surface area (Å²) >= 11 is 0. The van der Waals surface area contributed by atoms with Crippen molar-refractivity contribution >= 4 is 0 Å². The number of methoxy groups -OCH3 is 1. The molecule has 1 aromatic heterocycles. The Morgan fingerprint density at radius 2 is 2.33 bits per heavy atom. The summed E-state index contributed by atoms with van der Waals surface area (Å²) in [5.74, 6) is 2.07. The van der Waals surface area contributed by atoms with Crippen LogP contribution in [0.4, 0.5) is 0 Å². The molecule has 2 unspecified atom stereocenters. The highest BCUT2D eigenvalue weighted by atomic mass is 16.5. The fourth-order valence-electron chi connectivity index (χ4n) is 3.11. The van der Waals surface area contributed by atoms with Crippen LogP contribution in [0.5, 0.6) is 0 Å². The van der Waals surface area contributed by atoms with Gasteiger partial charge in [0.15, 0.2) is 0 Å². The van der Waals surface area contributed by atoms with Gasteiger partial charge in [-0.2, -0.15) is 0 Å². The van der Waals surface area contributed by atoms with Crippen LogP contribution in [0.1, 0.15) is 56.5 Å². The van der Waals surface area contributed by atoms with Crippen LogP contribution in [-0.4, -0.2) is 30.2 Å². The van der Waals surface area contributed by atoms with Gasteiger partial charge in [0, 0.05) is 32.2 Å². The van der Waals surface area contributed by atoms with Crippen molar-refractivity contribution in [2.45, 2.75) is 51.5 Å². The van der Waals surface area contributed by atoms with Crippen molar-refractivity contribution in [2.24, 2.45) is 5.92 Å². The van der Waals surface area contributed by atoms with E-state index in [0.29, 0.717) is 19.1 Å². The third kappa shape index (κ3) is 4.93. The Labute approximate surface area is 126 Å². The number of nitrogens with zero attached hydrogens (tertiary/aromatic N) is 1. The lowest BCUT2D eigenvalue weighted by molar-refractivity contribution is 0.199. The summed E-state index contributed by atoms with van der Waals surface area (Å²) in [6.45, 7) is 4.29. The molecule has 2 N–H and O–H groups in total. The second-order valence-electron chi connectivity index (χ2n) is 5.93. The fraction of sp³-hybridized carbons (Fsp3) is 0.750. The summed E-state index contributed by atoms with van der Waals surface area (Å²) in [7, 11) is 1.68. The van der Waals surface area contributed by atoms with E-state index < -0.39 is 0 Å². The Hall–Kier alpha value is -1.20. The maximum absolute atomic E-state index is 11.8. The normalized spacial score (nSPS) is 22.4. The van der Waals surface area contributed by atoms with Crippen molar-refractivity contribution in [1.29, 1.82) is 0 Å². The molecule has 0 saturated heterocycles. The average molecular weight is 293 g/mol. The van der Waals surface area contributed by atoms with Gasteiger partial charge in [-0.3, -0.25) is 4.79 Å². The third-order valence-corrected chi connectivity index (χ3v) is 4.35. The maximum Gasteiger partial charge on any atom is 0.251 e. The number of nitrogens with one attached hydrogen (secondary N) is 2. The molecule has 0 aliphatic heterocycles. The zero-order chi connectivity index (χ0) is 15.1. The van der Waals surface area contributed by atoms with Crippen LogP contribution in [0.2, 0.25) is 0 Å². The first-order valence-corrected chi connectivity index (χ1v) is 8.02. The van der Waals surface area contributed by atoms with Gasteiger partial charge in [0.05, 0.1) is 12.3 Å². The minimum absolute atomic E-state index is 0.0397. The molecule has 1 heterocycles. The number of ether oxygens (including phenoxy) is 1. The molecular weight excluding hydrogens is 266 g/mol. The summed E-state index contributed by atoms with van der Waals surface area (Å²) in [6, 6.07) is 1.59. The molecule has 118 valence electrons.